The Balaban J connectivity index is 1.97. The van der Waals surface area contributed by atoms with Gasteiger partial charge in [-0.25, -0.2) is 0 Å². The lowest BCUT2D eigenvalue weighted by Crippen LogP contribution is -2.13. The molecule has 21 heavy (non-hydrogen) atoms. The van der Waals surface area contributed by atoms with Crippen molar-refractivity contribution in [2.45, 2.75) is 4.90 Å². The number of hydrogen-bond donors (Lipinski definition) is 1. The fraction of sp³-hybridized carbons (Fsp3) is 0.0714. The van der Waals surface area contributed by atoms with E-state index in [0.29, 0.717) is 15.1 Å². The zero-order valence-electron chi connectivity index (χ0n) is 10.5. The molecule has 1 N–H and O–H groups in total. The number of carbonyl (C=O) groups is 1. The van der Waals surface area contributed by atoms with Crippen molar-refractivity contribution in [1.82, 2.24) is 0 Å². The summed E-state index contributed by atoms with van der Waals surface area (Å²) in [5, 5.41) is 4.09. The second-order valence-electron chi connectivity index (χ2n) is 4.04. The number of halogens is 4. The van der Waals surface area contributed by atoms with E-state index < -0.39 is 0 Å². The van der Waals surface area contributed by atoms with Gasteiger partial charge in [0.15, 0.2) is 0 Å². The summed E-state index contributed by atoms with van der Waals surface area (Å²) in [6.07, 6.45) is 0. The number of carbonyl (C=O) groups excluding carboxylic acids is 1. The minimum Gasteiger partial charge on any atom is -0.325 e. The average molecular weight is 426 g/mol. The van der Waals surface area contributed by atoms with Gasteiger partial charge in [-0.1, -0.05) is 56.8 Å². The van der Waals surface area contributed by atoms with Crippen LogP contribution in [0, 0.1) is 0 Å². The fourth-order valence-corrected chi connectivity index (χ4v) is 3.45. The molecule has 0 aromatic heterocycles. The van der Waals surface area contributed by atoms with E-state index in [1.807, 2.05) is 24.3 Å². The first kappa shape index (κ1) is 17.0. The number of hydrogen-bond acceptors (Lipinski definition) is 2. The van der Waals surface area contributed by atoms with Crippen LogP contribution >= 0.6 is 62.5 Å². The Hall–Kier alpha value is -0.390. The molecule has 1 amide bonds. The summed E-state index contributed by atoms with van der Waals surface area (Å²) in [4.78, 5) is 12.6. The smallest absolute Gasteiger partial charge is 0.234 e. The van der Waals surface area contributed by atoms with E-state index >= 15 is 0 Å². The third kappa shape index (κ3) is 5.08. The predicted molar refractivity (Wildman–Crippen MR) is 95.0 cm³/mol. The lowest BCUT2D eigenvalue weighted by molar-refractivity contribution is -0.113. The van der Waals surface area contributed by atoms with Gasteiger partial charge in [0.05, 0.1) is 20.8 Å². The van der Waals surface area contributed by atoms with Crippen molar-refractivity contribution in [3.8, 4) is 0 Å². The van der Waals surface area contributed by atoms with Crippen molar-refractivity contribution in [2.75, 3.05) is 11.1 Å². The molecule has 0 saturated carbocycles. The molecule has 7 heteroatoms. The molecule has 0 bridgehead atoms. The largest absolute Gasteiger partial charge is 0.325 e. The first-order valence-corrected chi connectivity index (χ1v) is 8.69. The number of thioether (sulfide) groups is 1. The summed E-state index contributed by atoms with van der Waals surface area (Å²) in [6.45, 7) is 0. The lowest BCUT2D eigenvalue weighted by atomic mass is 10.3. The summed E-state index contributed by atoms with van der Waals surface area (Å²) in [5.74, 6) is 0.102. The molecule has 0 radical (unpaired) electrons. The molecule has 2 rings (SSSR count). The van der Waals surface area contributed by atoms with E-state index in [2.05, 4.69) is 21.2 Å². The Labute approximate surface area is 150 Å². The first-order chi connectivity index (χ1) is 9.95. The Morgan fingerprint density at radius 2 is 1.81 bits per heavy atom. The van der Waals surface area contributed by atoms with Gasteiger partial charge in [-0.05, 0) is 30.3 Å². The van der Waals surface area contributed by atoms with Crippen LogP contribution in [0.1, 0.15) is 0 Å². The van der Waals surface area contributed by atoms with Gasteiger partial charge in [0, 0.05) is 15.1 Å². The van der Waals surface area contributed by atoms with Crippen molar-refractivity contribution in [3.05, 3.63) is 55.9 Å². The van der Waals surface area contributed by atoms with Crippen molar-refractivity contribution in [1.29, 1.82) is 0 Å². The quantitative estimate of drug-likeness (QED) is 0.471. The molecule has 110 valence electrons. The molecule has 0 aliphatic heterocycles. The van der Waals surface area contributed by atoms with E-state index in [0.717, 1.165) is 15.1 Å². The molecule has 0 aliphatic rings. The van der Waals surface area contributed by atoms with Crippen molar-refractivity contribution >= 4 is 74.1 Å². The topological polar surface area (TPSA) is 29.1 Å². The zero-order valence-corrected chi connectivity index (χ0v) is 15.2. The number of benzene rings is 2. The summed E-state index contributed by atoms with van der Waals surface area (Å²) >= 11 is 22.5. The maximum absolute atomic E-state index is 11.9. The van der Waals surface area contributed by atoms with Gasteiger partial charge in [-0.15, -0.1) is 11.8 Å². The van der Waals surface area contributed by atoms with Gasteiger partial charge < -0.3 is 5.32 Å². The van der Waals surface area contributed by atoms with Gasteiger partial charge in [0.2, 0.25) is 5.91 Å². The summed E-state index contributed by atoms with van der Waals surface area (Å²) < 4.78 is 0.903. The molecule has 2 aromatic rings. The molecule has 2 aromatic carbocycles. The van der Waals surface area contributed by atoms with E-state index in [1.54, 1.807) is 12.1 Å². The van der Waals surface area contributed by atoms with Crippen LogP contribution in [0.25, 0.3) is 0 Å². The molecule has 0 atom stereocenters. The summed E-state index contributed by atoms with van der Waals surface area (Å²) in [7, 11) is 0. The van der Waals surface area contributed by atoms with Crippen LogP contribution in [0.4, 0.5) is 5.69 Å². The zero-order chi connectivity index (χ0) is 15.4. The Morgan fingerprint density at radius 1 is 1.10 bits per heavy atom. The Bertz CT molecular complexity index is 681. The number of anilines is 1. The highest BCUT2D eigenvalue weighted by Gasteiger charge is 2.09. The van der Waals surface area contributed by atoms with Crippen LogP contribution in [0.15, 0.2) is 45.8 Å². The molecule has 0 aliphatic carbocycles. The second kappa shape index (κ2) is 7.75. The first-order valence-electron chi connectivity index (χ1n) is 5.78. The van der Waals surface area contributed by atoms with E-state index in [1.165, 1.54) is 11.8 Å². The highest BCUT2D eigenvalue weighted by molar-refractivity contribution is 9.10. The molecule has 0 heterocycles. The predicted octanol–water partition coefficient (Wildman–Crippen LogP) is 6.14. The summed E-state index contributed by atoms with van der Waals surface area (Å²) in [5.41, 5.74) is 0.732. The number of rotatable bonds is 4. The third-order valence-electron chi connectivity index (χ3n) is 2.44. The molecular formula is C14H9BrCl3NOS. The molecule has 0 fully saturated rings. The monoisotopic (exact) mass is 423 g/mol. The van der Waals surface area contributed by atoms with Crippen LogP contribution in [0.5, 0.6) is 0 Å². The molecule has 2 nitrogen and oxygen atoms in total. The van der Waals surface area contributed by atoms with Crippen LogP contribution in [0.3, 0.4) is 0 Å². The number of nitrogens with one attached hydrogen (secondary N) is 1. The van der Waals surface area contributed by atoms with Crippen LogP contribution in [-0.4, -0.2) is 11.7 Å². The standard InChI is InChI=1S/C14H9BrCl3NOS/c15-8-2-1-3-9(4-8)19-14(20)7-21-13-6-11(17)10(16)5-12(13)18/h1-6H,7H2,(H,19,20). The maximum atomic E-state index is 11.9. The van der Waals surface area contributed by atoms with Crippen LogP contribution in [-0.2, 0) is 4.79 Å². The van der Waals surface area contributed by atoms with Gasteiger partial charge in [-0.2, -0.15) is 0 Å². The molecule has 0 unspecified atom stereocenters. The van der Waals surface area contributed by atoms with E-state index in [-0.39, 0.29) is 11.7 Å². The van der Waals surface area contributed by atoms with Gasteiger partial charge in [0.1, 0.15) is 0 Å². The normalized spacial score (nSPS) is 10.5. The highest BCUT2D eigenvalue weighted by Crippen LogP contribution is 2.34. The number of amides is 1. The lowest BCUT2D eigenvalue weighted by Gasteiger charge is -2.07. The Kier molecular flexibility index (Phi) is 6.26. The average Bonchev–Trinajstić information content (AvgIpc) is 2.41. The van der Waals surface area contributed by atoms with E-state index in [4.69, 9.17) is 34.8 Å². The highest BCUT2D eigenvalue weighted by atomic mass is 79.9. The Morgan fingerprint density at radius 3 is 2.52 bits per heavy atom. The van der Waals surface area contributed by atoms with Crippen LogP contribution < -0.4 is 5.32 Å². The maximum Gasteiger partial charge on any atom is 0.234 e. The fourth-order valence-electron chi connectivity index (χ4n) is 1.52. The van der Waals surface area contributed by atoms with E-state index in [9.17, 15) is 4.79 Å². The van der Waals surface area contributed by atoms with Crippen molar-refractivity contribution < 1.29 is 4.79 Å². The van der Waals surface area contributed by atoms with Crippen molar-refractivity contribution in [3.63, 3.8) is 0 Å². The summed E-state index contributed by atoms with van der Waals surface area (Å²) in [6, 6.07) is 10.6. The molecule has 0 spiro atoms. The second-order valence-corrected chi connectivity index (χ2v) is 7.20. The SMILES string of the molecule is O=C(CSc1cc(Cl)c(Cl)cc1Cl)Nc1cccc(Br)c1. The van der Waals surface area contributed by atoms with Gasteiger partial charge >= 0.3 is 0 Å². The minimum absolute atomic E-state index is 0.125. The molecular weight excluding hydrogens is 416 g/mol. The van der Waals surface area contributed by atoms with Crippen molar-refractivity contribution in [2.24, 2.45) is 0 Å². The molecule has 0 saturated heterocycles. The van der Waals surface area contributed by atoms with Gasteiger partial charge in [-0.3, -0.25) is 4.79 Å². The van der Waals surface area contributed by atoms with Gasteiger partial charge in [0.25, 0.3) is 0 Å². The minimum atomic E-state index is -0.125. The van der Waals surface area contributed by atoms with Crippen LogP contribution in [0.2, 0.25) is 15.1 Å². The third-order valence-corrected chi connectivity index (χ3v) is 5.14.